The van der Waals surface area contributed by atoms with E-state index in [0.717, 1.165) is 47.7 Å². The fourth-order valence-electron chi connectivity index (χ4n) is 5.61. The summed E-state index contributed by atoms with van der Waals surface area (Å²) in [6.45, 7) is 4.74. The number of hydrogen-bond donors (Lipinski definition) is 1. The van der Waals surface area contributed by atoms with Gasteiger partial charge in [-0.1, -0.05) is 18.2 Å². The number of carboxylic acid groups (broad SMARTS) is 1. The highest BCUT2D eigenvalue weighted by atomic mass is 32.1. The molecule has 1 N–H and O–H groups in total. The predicted octanol–water partition coefficient (Wildman–Crippen LogP) is 5.95. The molecule has 2 aliphatic rings. The number of carboxylic acids is 1. The molecule has 0 radical (unpaired) electrons. The lowest BCUT2D eigenvalue weighted by Gasteiger charge is -2.36. The van der Waals surface area contributed by atoms with Gasteiger partial charge < -0.3 is 19.5 Å². The zero-order chi connectivity index (χ0) is 31.0. The standard InChI is InChI=1S/C31H29F3N4O5S/c1-18-13-20(19-7-10-37(11-8-19)29(39)22-15-42-16-22)5-6-25(18)43-17-21-9-12-44-27(21)24-3-2-4-26(36-24)38-28(31(32,33)34)23(14-35-38)30(40)41/h2-6,9,12-14,19,22H,7-8,10-11,15-17H2,1H3,(H,40,41). The summed E-state index contributed by atoms with van der Waals surface area (Å²) in [4.78, 5) is 31.0. The van der Waals surface area contributed by atoms with Crippen molar-refractivity contribution in [1.29, 1.82) is 0 Å². The summed E-state index contributed by atoms with van der Waals surface area (Å²) in [6, 6.07) is 12.6. The van der Waals surface area contributed by atoms with E-state index >= 15 is 0 Å². The molecule has 0 atom stereocenters. The minimum absolute atomic E-state index is 0.0133. The number of aromatic nitrogens is 3. The lowest BCUT2D eigenvalue weighted by molar-refractivity contribution is -0.151. The fourth-order valence-corrected chi connectivity index (χ4v) is 6.49. The molecule has 3 aromatic heterocycles. The molecule has 44 heavy (non-hydrogen) atoms. The van der Waals surface area contributed by atoms with E-state index in [2.05, 4.69) is 22.2 Å². The van der Waals surface area contributed by atoms with Gasteiger partial charge in [-0.3, -0.25) is 4.79 Å². The van der Waals surface area contributed by atoms with Crippen LogP contribution in [0.1, 0.15) is 51.5 Å². The van der Waals surface area contributed by atoms with Crippen molar-refractivity contribution < 1.29 is 37.3 Å². The first-order valence-electron chi connectivity index (χ1n) is 14.1. The zero-order valence-corrected chi connectivity index (χ0v) is 24.5. The predicted molar refractivity (Wildman–Crippen MR) is 155 cm³/mol. The molecule has 2 fully saturated rings. The second kappa shape index (κ2) is 12.0. The lowest BCUT2D eigenvalue weighted by Crippen LogP contribution is -2.47. The Morgan fingerprint density at radius 3 is 2.57 bits per heavy atom. The second-order valence-corrected chi connectivity index (χ2v) is 11.8. The van der Waals surface area contributed by atoms with Crippen LogP contribution in [0.5, 0.6) is 5.75 Å². The molecule has 0 bridgehead atoms. The summed E-state index contributed by atoms with van der Waals surface area (Å²) in [5, 5.41) is 14.8. The van der Waals surface area contributed by atoms with E-state index in [1.807, 2.05) is 29.3 Å². The monoisotopic (exact) mass is 626 g/mol. The first-order chi connectivity index (χ1) is 21.1. The van der Waals surface area contributed by atoms with Crippen molar-refractivity contribution in [3.05, 3.63) is 82.0 Å². The van der Waals surface area contributed by atoms with Crippen molar-refractivity contribution in [3.63, 3.8) is 0 Å². The SMILES string of the molecule is Cc1cc(C2CCN(C(=O)C3COC3)CC2)ccc1OCc1ccsc1-c1cccc(-n2ncc(C(=O)O)c2C(F)(F)F)n1. The minimum atomic E-state index is -4.95. The van der Waals surface area contributed by atoms with E-state index < -0.39 is 23.4 Å². The number of piperidine rings is 1. The van der Waals surface area contributed by atoms with Crippen molar-refractivity contribution >= 4 is 23.2 Å². The number of rotatable bonds is 8. The molecule has 0 spiro atoms. The normalized spacial score (nSPS) is 16.1. The highest BCUT2D eigenvalue weighted by Gasteiger charge is 2.41. The summed E-state index contributed by atoms with van der Waals surface area (Å²) in [6.07, 6.45) is -2.46. The van der Waals surface area contributed by atoms with Crippen molar-refractivity contribution in [2.75, 3.05) is 26.3 Å². The number of amides is 1. The molecule has 230 valence electrons. The summed E-state index contributed by atoms with van der Waals surface area (Å²) >= 11 is 1.37. The van der Waals surface area contributed by atoms with Crippen molar-refractivity contribution in [2.45, 2.75) is 38.5 Å². The number of likely N-dealkylation sites (tertiary alicyclic amines) is 1. The van der Waals surface area contributed by atoms with Gasteiger partial charge >= 0.3 is 12.1 Å². The van der Waals surface area contributed by atoms with Crippen LogP contribution in [0.3, 0.4) is 0 Å². The number of halogens is 3. The smallest absolute Gasteiger partial charge is 0.434 e. The number of aryl methyl sites for hydroxylation is 1. The Morgan fingerprint density at radius 2 is 1.91 bits per heavy atom. The molecule has 2 saturated heterocycles. The Kier molecular flexibility index (Phi) is 8.16. The Morgan fingerprint density at radius 1 is 1.14 bits per heavy atom. The Bertz CT molecular complexity index is 1690. The van der Waals surface area contributed by atoms with Gasteiger partial charge in [-0.05, 0) is 66.5 Å². The molecule has 2 aliphatic heterocycles. The molecule has 1 amide bonds. The van der Waals surface area contributed by atoms with E-state index in [1.54, 1.807) is 12.1 Å². The van der Waals surface area contributed by atoms with Gasteiger partial charge in [0.15, 0.2) is 11.5 Å². The van der Waals surface area contributed by atoms with Crippen LogP contribution in [-0.4, -0.2) is 63.0 Å². The molecule has 1 aromatic carbocycles. The van der Waals surface area contributed by atoms with Crippen LogP contribution in [0.25, 0.3) is 16.4 Å². The molecule has 6 rings (SSSR count). The fraction of sp³-hybridized carbons (Fsp3) is 0.355. The second-order valence-electron chi connectivity index (χ2n) is 10.9. The third kappa shape index (κ3) is 5.93. The number of alkyl halides is 3. The van der Waals surface area contributed by atoms with Crippen molar-refractivity contribution in [3.8, 4) is 22.1 Å². The molecule has 0 unspecified atom stereocenters. The van der Waals surface area contributed by atoms with E-state index in [0.29, 0.717) is 35.7 Å². The van der Waals surface area contributed by atoms with Gasteiger partial charge in [0.05, 0.1) is 35.9 Å². The number of carbonyl (C=O) groups is 2. The van der Waals surface area contributed by atoms with E-state index in [9.17, 15) is 27.9 Å². The molecule has 0 saturated carbocycles. The number of hydrogen-bond acceptors (Lipinski definition) is 7. The van der Waals surface area contributed by atoms with Gasteiger partial charge in [-0.25, -0.2) is 14.5 Å². The average molecular weight is 627 g/mol. The maximum atomic E-state index is 13.8. The molecule has 9 nitrogen and oxygen atoms in total. The van der Waals surface area contributed by atoms with E-state index in [1.165, 1.54) is 23.0 Å². The molecular weight excluding hydrogens is 597 g/mol. The van der Waals surface area contributed by atoms with Crippen molar-refractivity contribution in [1.82, 2.24) is 19.7 Å². The number of pyridine rings is 1. The molecule has 13 heteroatoms. The largest absolute Gasteiger partial charge is 0.489 e. The number of ether oxygens (including phenoxy) is 2. The van der Waals surface area contributed by atoms with Gasteiger partial charge in [-0.15, -0.1) is 11.3 Å². The third-order valence-electron chi connectivity index (χ3n) is 8.05. The molecule has 4 aromatic rings. The first-order valence-corrected chi connectivity index (χ1v) is 15.0. The Labute approximate surface area is 254 Å². The lowest BCUT2D eigenvalue weighted by atomic mass is 9.88. The first kappa shape index (κ1) is 29.8. The Balaban J connectivity index is 1.14. The number of carbonyl (C=O) groups excluding carboxylic acids is 1. The average Bonchev–Trinajstić information content (AvgIpc) is 3.64. The summed E-state index contributed by atoms with van der Waals surface area (Å²) in [7, 11) is 0. The number of benzene rings is 1. The zero-order valence-electron chi connectivity index (χ0n) is 23.7. The van der Waals surface area contributed by atoms with Crippen LogP contribution < -0.4 is 4.74 Å². The Hall–Kier alpha value is -4.23. The van der Waals surface area contributed by atoms with E-state index in [4.69, 9.17) is 9.47 Å². The van der Waals surface area contributed by atoms with Gasteiger partial charge in [0.25, 0.3) is 0 Å². The van der Waals surface area contributed by atoms with Crippen molar-refractivity contribution in [2.24, 2.45) is 5.92 Å². The summed E-state index contributed by atoms with van der Waals surface area (Å²) in [5.41, 5.74) is 1.08. The van der Waals surface area contributed by atoms with Gasteiger partial charge in [-0.2, -0.15) is 18.3 Å². The maximum Gasteiger partial charge on any atom is 0.434 e. The van der Waals surface area contributed by atoms with Gasteiger partial charge in [0.2, 0.25) is 5.91 Å². The molecule has 5 heterocycles. The number of nitrogens with zero attached hydrogens (tertiary/aromatic N) is 4. The van der Waals surface area contributed by atoms with Gasteiger partial charge in [0, 0.05) is 18.7 Å². The van der Waals surface area contributed by atoms with E-state index in [-0.39, 0.29) is 24.2 Å². The number of thiophene rings is 1. The van der Waals surface area contributed by atoms with Crippen LogP contribution in [0.15, 0.2) is 54.0 Å². The summed E-state index contributed by atoms with van der Waals surface area (Å²) in [5.74, 6) is -0.578. The van der Waals surface area contributed by atoms with Crippen LogP contribution in [0.2, 0.25) is 0 Å². The molecular formula is C31H29F3N4O5S. The van der Waals surface area contributed by atoms with Crippen LogP contribution in [0, 0.1) is 12.8 Å². The highest BCUT2D eigenvalue weighted by molar-refractivity contribution is 7.13. The van der Waals surface area contributed by atoms with Crippen LogP contribution >= 0.6 is 11.3 Å². The maximum absolute atomic E-state index is 13.8. The van der Waals surface area contributed by atoms with Crippen LogP contribution in [-0.2, 0) is 22.3 Å². The highest BCUT2D eigenvalue weighted by Crippen LogP contribution is 2.36. The minimum Gasteiger partial charge on any atom is -0.489 e. The number of aromatic carboxylic acids is 1. The van der Waals surface area contributed by atoms with Crippen LogP contribution in [0.4, 0.5) is 13.2 Å². The quantitative estimate of drug-likeness (QED) is 0.258. The third-order valence-corrected chi connectivity index (χ3v) is 9.03. The van der Waals surface area contributed by atoms with Gasteiger partial charge in [0.1, 0.15) is 17.9 Å². The topological polar surface area (TPSA) is 107 Å². The summed E-state index contributed by atoms with van der Waals surface area (Å²) < 4.78 is 53.1. The molecule has 0 aliphatic carbocycles.